The molecule has 3 nitrogen and oxygen atoms in total. The molecule has 0 aromatic rings. The molecule has 0 amide bonds. The highest BCUT2D eigenvalue weighted by Crippen LogP contribution is 2.27. The average molecular weight is 231 g/mol. The van der Waals surface area contributed by atoms with Gasteiger partial charge in [-0.3, -0.25) is 0 Å². The van der Waals surface area contributed by atoms with Crippen molar-refractivity contribution >= 4 is 9.84 Å². The summed E-state index contributed by atoms with van der Waals surface area (Å²) < 4.78 is 24.3. The summed E-state index contributed by atoms with van der Waals surface area (Å²) in [6, 6.07) is 0.603. The maximum absolute atomic E-state index is 12.1. The molecule has 0 aromatic carbocycles. The third-order valence-electron chi connectivity index (χ3n) is 3.60. The molecule has 1 unspecified atom stereocenters. The van der Waals surface area contributed by atoms with E-state index in [9.17, 15) is 8.42 Å². The van der Waals surface area contributed by atoms with Gasteiger partial charge in [0.2, 0.25) is 0 Å². The van der Waals surface area contributed by atoms with Crippen LogP contribution in [-0.4, -0.2) is 31.5 Å². The summed E-state index contributed by atoms with van der Waals surface area (Å²) in [5, 5.41) is 3.05. The second kappa shape index (κ2) is 4.42. The quantitative estimate of drug-likeness (QED) is 0.779. The van der Waals surface area contributed by atoms with Gasteiger partial charge in [-0.05, 0) is 32.6 Å². The zero-order valence-electron chi connectivity index (χ0n) is 9.41. The minimum atomic E-state index is -2.87. The molecule has 0 saturated heterocycles. The van der Waals surface area contributed by atoms with Crippen molar-refractivity contribution in [2.24, 2.45) is 0 Å². The summed E-state index contributed by atoms with van der Waals surface area (Å²) in [6.07, 6.45) is 6.39. The summed E-state index contributed by atoms with van der Waals surface area (Å²) >= 11 is 0. The molecule has 2 rings (SSSR count). The zero-order valence-corrected chi connectivity index (χ0v) is 10.2. The van der Waals surface area contributed by atoms with E-state index in [2.05, 4.69) is 5.32 Å². The lowest BCUT2D eigenvalue weighted by Gasteiger charge is -2.18. The number of hydrogen-bond acceptors (Lipinski definition) is 3. The smallest absolute Gasteiger partial charge is 0.156 e. The van der Waals surface area contributed by atoms with E-state index in [0.717, 1.165) is 25.7 Å². The van der Waals surface area contributed by atoms with Crippen LogP contribution in [0.2, 0.25) is 0 Å². The summed E-state index contributed by atoms with van der Waals surface area (Å²) in [5.41, 5.74) is 0. The van der Waals surface area contributed by atoms with Crippen LogP contribution < -0.4 is 5.32 Å². The molecule has 0 aliphatic heterocycles. The van der Waals surface area contributed by atoms with E-state index in [1.807, 2.05) is 6.92 Å². The van der Waals surface area contributed by atoms with E-state index in [-0.39, 0.29) is 10.5 Å². The van der Waals surface area contributed by atoms with Gasteiger partial charge in [0.25, 0.3) is 0 Å². The van der Waals surface area contributed by atoms with Gasteiger partial charge < -0.3 is 5.32 Å². The first-order valence-electron chi connectivity index (χ1n) is 6.07. The lowest BCUT2D eigenvalue weighted by molar-refractivity contribution is 0.555. The van der Waals surface area contributed by atoms with E-state index in [0.29, 0.717) is 12.6 Å². The standard InChI is InChI=1S/C11H21NO2S/c1-9(8-12-10-6-7-10)15(13,14)11-4-2-3-5-11/h9-12H,2-8H2,1H3. The molecular weight excluding hydrogens is 210 g/mol. The van der Waals surface area contributed by atoms with Crippen LogP contribution in [0.3, 0.4) is 0 Å². The first-order valence-corrected chi connectivity index (χ1v) is 7.68. The maximum atomic E-state index is 12.1. The van der Waals surface area contributed by atoms with Crippen LogP contribution in [0.15, 0.2) is 0 Å². The van der Waals surface area contributed by atoms with E-state index >= 15 is 0 Å². The molecule has 0 spiro atoms. The fourth-order valence-electron chi connectivity index (χ4n) is 2.28. The number of hydrogen-bond donors (Lipinski definition) is 1. The second-order valence-electron chi connectivity index (χ2n) is 4.99. The molecule has 4 heteroatoms. The van der Waals surface area contributed by atoms with Crippen LogP contribution in [0.4, 0.5) is 0 Å². The molecule has 0 aromatic heterocycles. The molecule has 15 heavy (non-hydrogen) atoms. The molecular formula is C11H21NO2S. The molecule has 1 atom stereocenters. The Hall–Kier alpha value is -0.0900. The predicted octanol–water partition coefficient (Wildman–Crippen LogP) is 1.48. The van der Waals surface area contributed by atoms with Crippen molar-refractivity contribution in [1.82, 2.24) is 5.32 Å². The van der Waals surface area contributed by atoms with Crippen LogP contribution in [0, 0.1) is 0 Å². The van der Waals surface area contributed by atoms with Gasteiger partial charge in [-0.2, -0.15) is 0 Å². The van der Waals surface area contributed by atoms with Gasteiger partial charge in [-0.25, -0.2) is 8.42 Å². The van der Waals surface area contributed by atoms with Crippen molar-refractivity contribution in [3.05, 3.63) is 0 Å². The summed E-state index contributed by atoms with van der Waals surface area (Å²) in [4.78, 5) is 0. The summed E-state index contributed by atoms with van der Waals surface area (Å²) in [5.74, 6) is 0. The average Bonchev–Trinajstić information content (AvgIpc) is 2.85. The molecule has 0 radical (unpaired) electrons. The van der Waals surface area contributed by atoms with Gasteiger partial charge >= 0.3 is 0 Å². The van der Waals surface area contributed by atoms with Gasteiger partial charge in [-0.1, -0.05) is 12.8 Å². The normalized spacial score (nSPS) is 25.7. The minimum Gasteiger partial charge on any atom is -0.313 e. The van der Waals surface area contributed by atoms with Gasteiger partial charge in [0.1, 0.15) is 0 Å². The Morgan fingerprint density at radius 1 is 1.20 bits per heavy atom. The molecule has 1 N–H and O–H groups in total. The fourth-order valence-corrected chi connectivity index (χ4v) is 4.26. The highest BCUT2D eigenvalue weighted by atomic mass is 32.2. The van der Waals surface area contributed by atoms with Gasteiger partial charge in [-0.15, -0.1) is 0 Å². The second-order valence-corrected chi connectivity index (χ2v) is 7.64. The molecule has 0 heterocycles. The molecule has 2 aliphatic rings. The van der Waals surface area contributed by atoms with E-state index < -0.39 is 9.84 Å². The Bertz CT molecular complexity index is 303. The maximum Gasteiger partial charge on any atom is 0.156 e. The zero-order chi connectivity index (χ0) is 10.9. The first-order chi connectivity index (χ1) is 7.10. The molecule has 2 fully saturated rings. The Morgan fingerprint density at radius 2 is 1.80 bits per heavy atom. The van der Waals surface area contributed by atoms with Crippen LogP contribution in [0.5, 0.6) is 0 Å². The van der Waals surface area contributed by atoms with Gasteiger partial charge in [0, 0.05) is 12.6 Å². The molecule has 0 bridgehead atoms. The lowest BCUT2D eigenvalue weighted by atomic mass is 10.4. The van der Waals surface area contributed by atoms with E-state index in [4.69, 9.17) is 0 Å². The Kier molecular flexibility index (Phi) is 3.36. The Balaban J connectivity index is 1.87. The third-order valence-corrected chi connectivity index (χ3v) is 6.29. The number of nitrogens with one attached hydrogen (secondary N) is 1. The van der Waals surface area contributed by atoms with Crippen molar-refractivity contribution < 1.29 is 8.42 Å². The molecule has 2 aliphatic carbocycles. The Labute approximate surface area is 92.6 Å². The summed E-state index contributed by atoms with van der Waals surface area (Å²) in [6.45, 7) is 2.49. The van der Waals surface area contributed by atoms with Gasteiger partial charge in [0.15, 0.2) is 9.84 Å². The van der Waals surface area contributed by atoms with Crippen molar-refractivity contribution in [2.45, 2.75) is 62.0 Å². The van der Waals surface area contributed by atoms with Crippen molar-refractivity contribution in [1.29, 1.82) is 0 Å². The van der Waals surface area contributed by atoms with Crippen LogP contribution in [-0.2, 0) is 9.84 Å². The summed E-state index contributed by atoms with van der Waals surface area (Å²) in [7, 11) is -2.87. The molecule has 2 saturated carbocycles. The topological polar surface area (TPSA) is 46.2 Å². The van der Waals surface area contributed by atoms with Gasteiger partial charge in [0.05, 0.1) is 10.5 Å². The number of rotatable bonds is 5. The van der Waals surface area contributed by atoms with E-state index in [1.54, 1.807) is 0 Å². The highest BCUT2D eigenvalue weighted by Gasteiger charge is 2.34. The van der Waals surface area contributed by atoms with Crippen LogP contribution in [0.1, 0.15) is 45.4 Å². The SMILES string of the molecule is CC(CNC1CC1)S(=O)(=O)C1CCCC1. The van der Waals surface area contributed by atoms with Crippen molar-refractivity contribution in [2.75, 3.05) is 6.54 Å². The van der Waals surface area contributed by atoms with Crippen LogP contribution >= 0.6 is 0 Å². The Morgan fingerprint density at radius 3 is 2.33 bits per heavy atom. The molecule has 88 valence electrons. The number of sulfone groups is 1. The van der Waals surface area contributed by atoms with Crippen LogP contribution in [0.25, 0.3) is 0 Å². The monoisotopic (exact) mass is 231 g/mol. The fraction of sp³-hybridized carbons (Fsp3) is 1.00. The van der Waals surface area contributed by atoms with E-state index in [1.165, 1.54) is 12.8 Å². The minimum absolute atomic E-state index is 0.0477. The lowest BCUT2D eigenvalue weighted by Crippen LogP contribution is -2.37. The van der Waals surface area contributed by atoms with Crippen molar-refractivity contribution in [3.63, 3.8) is 0 Å². The van der Waals surface area contributed by atoms with Crippen molar-refractivity contribution in [3.8, 4) is 0 Å². The highest BCUT2D eigenvalue weighted by molar-refractivity contribution is 7.92. The largest absolute Gasteiger partial charge is 0.313 e. The predicted molar refractivity (Wildman–Crippen MR) is 61.7 cm³/mol. The first kappa shape index (κ1) is 11.4. The third kappa shape index (κ3) is 2.72.